The predicted octanol–water partition coefficient (Wildman–Crippen LogP) is -4.95. The average molecular weight is 311 g/mol. The van der Waals surface area contributed by atoms with Crippen LogP contribution in [0.15, 0.2) is 0 Å². The maximum atomic E-state index is 10.3. The fraction of sp³-hybridized carbons (Fsp3) is 1.00. The van der Waals surface area contributed by atoms with Crippen LogP contribution in [0.4, 0.5) is 0 Å². The third-order valence-electron chi connectivity index (χ3n) is 1.36. The Morgan fingerprint density at radius 1 is 1.07 bits per heavy atom. The molecular weight excluding hydrogens is 304 g/mol. The second-order valence-corrected chi connectivity index (χ2v) is 6.13. The molecule has 0 atom stereocenters. The van der Waals surface area contributed by atoms with Crippen molar-refractivity contribution < 1.29 is 33.8 Å². The van der Waals surface area contributed by atoms with E-state index in [1.54, 1.807) is 0 Å². The smallest absolute Gasteiger partial charge is 0.808 e. The summed E-state index contributed by atoms with van der Waals surface area (Å²) in [5.74, 6) is 0. The summed E-state index contributed by atoms with van der Waals surface area (Å²) in [5.41, 5.74) is 4.75. The number of hydrogen-bond donors (Lipinski definition) is 2. The van der Waals surface area contributed by atoms with Gasteiger partial charge in [0.25, 0.3) is 0 Å². The first-order chi connectivity index (χ1) is 5.56. The van der Waals surface area contributed by atoms with Gasteiger partial charge in [-0.3, -0.25) is 0 Å². The molecule has 0 radical (unpaired) electrons. The van der Waals surface area contributed by atoms with E-state index in [-0.39, 0.29) is 75.5 Å². The van der Waals surface area contributed by atoms with Gasteiger partial charge in [0.05, 0.1) is 0 Å². The molecule has 0 aromatic heterocycles. The first kappa shape index (κ1) is 22.9. The van der Waals surface area contributed by atoms with E-state index in [0.29, 0.717) is 0 Å². The minimum atomic E-state index is -5.94. The normalized spacial score (nSPS) is 12.7. The standard InChI is InChI=1S/C3H11NO7P2.2Ca/c4-2-1-3(5,12(6,7)8)13(9,10)11;;/h5H,1-2,4H2,(H2,6,7,8)(H2,9,10,11);;/q;2*+2/p-4. The van der Waals surface area contributed by atoms with E-state index in [2.05, 4.69) is 0 Å². The van der Waals surface area contributed by atoms with Crippen molar-refractivity contribution in [2.75, 3.05) is 6.54 Å². The van der Waals surface area contributed by atoms with E-state index in [4.69, 9.17) is 10.8 Å². The van der Waals surface area contributed by atoms with Gasteiger partial charge in [0, 0.05) is 0 Å². The summed E-state index contributed by atoms with van der Waals surface area (Å²) in [7, 11) is -11.9. The Morgan fingerprint density at radius 2 is 1.33 bits per heavy atom. The van der Waals surface area contributed by atoms with Crippen LogP contribution in [0.5, 0.6) is 0 Å². The summed E-state index contributed by atoms with van der Waals surface area (Å²) in [5, 5.41) is 5.02. The summed E-state index contributed by atoms with van der Waals surface area (Å²) in [4.78, 5) is 41.1. The minimum absolute atomic E-state index is 0. The molecular formula is C3H7Ca2NO7P2. The molecule has 3 N–H and O–H groups in total. The zero-order valence-corrected chi connectivity index (χ0v) is 13.9. The molecule has 0 spiro atoms. The second kappa shape index (κ2) is 8.02. The van der Waals surface area contributed by atoms with Crippen LogP contribution in [0.3, 0.4) is 0 Å². The summed E-state index contributed by atoms with van der Waals surface area (Å²) in [6.07, 6.45) is -1.12. The first-order valence-corrected chi connectivity index (χ1v) is 6.11. The maximum Gasteiger partial charge on any atom is 2.00 e. The molecule has 0 saturated heterocycles. The Balaban J connectivity index is -0.000000720. The number of hydrogen-bond acceptors (Lipinski definition) is 8. The van der Waals surface area contributed by atoms with Crippen LogP contribution in [-0.4, -0.2) is 92.2 Å². The van der Waals surface area contributed by atoms with E-state index in [1.807, 2.05) is 0 Å². The average Bonchev–Trinajstić information content (AvgIpc) is 1.82. The van der Waals surface area contributed by atoms with Crippen LogP contribution >= 0.6 is 15.2 Å². The predicted molar refractivity (Wildman–Crippen MR) is 45.3 cm³/mol. The summed E-state index contributed by atoms with van der Waals surface area (Å²) in [6.45, 7) is -0.612. The molecule has 0 fully saturated rings. The molecule has 0 rings (SSSR count). The topological polar surface area (TPSA) is 173 Å². The quantitative estimate of drug-likeness (QED) is 0.383. The summed E-state index contributed by atoms with van der Waals surface area (Å²) < 4.78 is 20.6. The van der Waals surface area contributed by atoms with Gasteiger partial charge in [-0.1, -0.05) is 0 Å². The number of nitrogens with two attached hydrogens (primary N) is 1. The van der Waals surface area contributed by atoms with Crippen molar-refractivity contribution in [3.05, 3.63) is 0 Å². The van der Waals surface area contributed by atoms with Crippen LogP contribution < -0.4 is 25.3 Å². The van der Waals surface area contributed by atoms with Gasteiger partial charge in [-0.05, 0) is 28.2 Å². The van der Waals surface area contributed by atoms with Crippen molar-refractivity contribution in [3.63, 3.8) is 0 Å². The van der Waals surface area contributed by atoms with Gasteiger partial charge < -0.3 is 39.5 Å². The Labute approximate surface area is 146 Å². The largest absolute Gasteiger partial charge is 2.00 e. The minimum Gasteiger partial charge on any atom is -0.808 e. The zero-order valence-electron chi connectivity index (χ0n) is 7.70. The summed E-state index contributed by atoms with van der Waals surface area (Å²) in [6, 6.07) is 0. The van der Waals surface area contributed by atoms with Gasteiger partial charge in [-0.15, -0.1) is 0 Å². The molecule has 15 heavy (non-hydrogen) atoms. The van der Waals surface area contributed by atoms with Crippen molar-refractivity contribution in [2.45, 2.75) is 11.5 Å². The van der Waals surface area contributed by atoms with Gasteiger partial charge in [0.1, 0.15) is 5.08 Å². The van der Waals surface area contributed by atoms with E-state index >= 15 is 0 Å². The Morgan fingerprint density at radius 3 is 1.40 bits per heavy atom. The molecule has 0 unspecified atom stereocenters. The van der Waals surface area contributed by atoms with Crippen molar-refractivity contribution >= 4 is 90.7 Å². The molecule has 0 aliphatic heterocycles. The Hall–Kier alpha value is 2.74. The molecule has 12 heteroatoms. The van der Waals surface area contributed by atoms with Crippen LogP contribution in [-0.2, 0) is 9.13 Å². The van der Waals surface area contributed by atoms with E-state index < -0.39 is 33.2 Å². The van der Waals surface area contributed by atoms with Crippen LogP contribution in [0, 0.1) is 0 Å². The zero-order chi connectivity index (χ0) is 10.9. The van der Waals surface area contributed by atoms with E-state index in [0.717, 1.165) is 0 Å². The third kappa shape index (κ3) is 5.94. The van der Waals surface area contributed by atoms with Crippen molar-refractivity contribution in [2.24, 2.45) is 5.73 Å². The first-order valence-electron chi connectivity index (χ1n) is 3.03. The molecule has 0 saturated carbocycles. The molecule has 8 nitrogen and oxygen atoms in total. The Kier molecular flexibility index (Phi) is 12.2. The van der Waals surface area contributed by atoms with Crippen LogP contribution in [0.1, 0.15) is 6.42 Å². The number of aliphatic hydroxyl groups is 1. The van der Waals surface area contributed by atoms with E-state index in [9.17, 15) is 28.7 Å². The fourth-order valence-corrected chi connectivity index (χ4v) is 2.62. The second-order valence-electron chi connectivity index (χ2n) is 2.31. The van der Waals surface area contributed by atoms with Crippen LogP contribution in [0.2, 0.25) is 0 Å². The van der Waals surface area contributed by atoms with Crippen molar-refractivity contribution in [3.8, 4) is 0 Å². The Bertz CT molecular complexity index is 251. The number of rotatable bonds is 4. The molecule has 0 bridgehead atoms. The molecule has 0 aromatic rings. The van der Waals surface area contributed by atoms with E-state index in [1.165, 1.54) is 0 Å². The monoisotopic (exact) mass is 311 g/mol. The SMILES string of the molecule is NCCC(O)(P(=O)([O-])[O-])P(=O)([O-])[O-].[Ca+2].[Ca+2]. The van der Waals surface area contributed by atoms with Gasteiger partial charge in [0.2, 0.25) is 0 Å². The summed E-state index contributed by atoms with van der Waals surface area (Å²) >= 11 is 0. The fourth-order valence-electron chi connectivity index (χ4n) is 0.618. The van der Waals surface area contributed by atoms with Gasteiger partial charge in [0.15, 0.2) is 0 Å². The van der Waals surface area contributed by atoms with Crippen LogP contribution in [0.25, 0.3) is 0 Å². The molecule has 0 heterocycles. The third-order valence-corrected chi connectivity index (χ3v) is 5.03. The molecule has 0 aliphatic rings. The van der Waals surface area contributed by atoms with Crippen molar-refractivity contribution in [1.82, 2.24) is 0 Å². The molecule has 80 valence electrons. The van der Waals surface area contributed by atoms with Gasteiger partial charge in [-0.25, -0.2) is 0 Å². The van der Waals surface area contributed by atoms with Gasteiger partial charge in [-0.2, -0.15) is 0 Å². The van der Waals surface area contributed by atoms with Crippen molar-refractivity contribution in [1.29, 1.82) is 0 Å². The molecule has 0 amide bonds. The molecule has 0 aliphatic carbocycles. The molecule has 0 aromatic carbocycles. The maximum absolute atomic E-state index is 10.3. The van der Waals surface area contributed by atoms with Gasteiger partial charge >= 0.3 is 75.5 Å².